The Balaban J connectivity index is 1.87. The fourth-order valence-corrected chi connectivity index (χ4v) is 3.28. The molecule has 0 atom stereocenters. The topological polar surface area (TPSA) is 41.3 Å². The molecule has 20 heavy (non-hydrogen) atoms. The molecule has 0 aliphatic rings. The van der Waals surface area contributed by atoms with Crippen molar-refractivity contribution in [2.24, 2.45) is 5.92 Å². The average molecular weight is 358 g/mol. The highest BCUT2D eigenvalue weighted by Crippen LogP contribution is 2.22. The van der Waals surface area contributed by atoms with Gasteiger partial charge in [0.25, 0.3) is 6.01 Å². The van der Waals surface area contributed by atoms with Gasteiger partial charge in [0.15, 0.2) is 0 Å². The van der Waals surface area contributed by atoms with Gasteiger partial charge in [0.1, 0.15) is 6.26 Å². The Hall–Kier alpha value is -0.850. The van der Waals surface area contributed by atoms with E-state index in [0.29, 0.717) is 11.9 Å². The summed E-state index contributed by atoms with van der Waals surface area (Å²) in [5.74, 6) is 0.640. The van der Waals surface area contributed by atoms with Crippen molar-refractivity contribution in [3.05, 3.63) is 32.8 Å². The zero-order valence-electron chi connectivity index (χ0n) is 12.0. The van der Waals surface area contributed by atoms with E-state index in [4.69, 9.17) is 4.42 Å². The summed E-state index contributed by atoms with van der Waals surface area (Å²) >= 11 is 5.19. The van der Waals surface area contributed by atoms with Gasteiger partial charge in [-0.15, -0.1) is 11.3 Å². The maximum Gasteiger partial charge on any atom is 0.297 e. The van der Waals surface area contributed by atoms with Crippen molar-refractivity contribution in [2.45, 2.75) is 26.9 Å². The van der Waals surface area contributed by atoms with E-state index >= 15 is 0 Å². The molecule has 0 aromatic carbocycles. The van der Waals surface area contributed by atoms with Gasteiger partial charge in [0.05, 0.1) is 12.2 Å². The van der Waals surface area contributed by atoms with Gasteiger partial charge in [-0.25, -0.2) is 0 Å². The van der Waals surface area contributed by atoms with Crippen molar-refractivity contribution < 1.29 is 4.42 Å². The average Bonchev–Trinajstić information content (AvgIpc) is 2.98. The number of nitrogens with one attached hydrogen (secondary N) is 1. The van der Waals surface area contributed by atoms with Gasteiger partial charge in [-0.05, 0) is 34.5 Å². The molecule has 0 unspecified atom stereocenters. The number of halogens is 1. The molecular formula is C14H20BrN3OS. The third-order valence-electron chi connectivity index (χ3n) is 2.74. The van der Waals surface area contributed by atoms with E-state index in [1.54, 1.807) is 17.6 Å². The quantitative estimate of drug-likeness (QED) is 0.816. The Morgan fingerprint density at radius 2 is 2.30 bits per heavy atom. The number of rotatable bonds is 7. The van der Waals surface area contributed by atoms with Crippen LogP contribution in [0.4, 0.5) is 6.01 Å². The second-order valence-electron chi connectivity index (χ2n) is 5.23. The second kappa shape index (κ2) is 7.24. The van der Waals surface area contributed by atoms with Crippen LogP contribution in [0.25, 0.3) is 0 Å². The van der Waals surface area contributed by atoms with Gasteiger partial charge in [-0.3, -0.25) is 0 Å². The molecule has 2 aromatic rings. The van der Waals surface area contributed by atoms with Crippen LogP contribution in [-0.2, 0) is 13.1 Å². The fraction of sp³-hybridized carbons (Fsp3) is 0.500. The lowest BCUT2D eigenvalue weighted by Crippen LogP contribution is -2.19. The van der Waals surface area contributed by atoms with Crippen LogP contribution in [0.3, 0.4) is 0 Å². The minimum Gasteiger partial charge on any atom is -0.432 e. The number of anilines is 1. The molecule has 2 aromatic heterocycles. The van der Waals surface area contributed by atoms with Crippen LogP contribution in [0, 0.1) is 5.92 Å². The third kappa shape index (κ3) is 4.61. The monoisotopic (exact) mass is 357 g/mol. The first-order valence-corrected chi connectivity index (χ1v) is 8.31. The van der Waals surface area contributed by atoms with Crippen LogP contribution in [0.2, 0.25) is 0 Å². The lowest BCUT2D eigenvalue weighted by molar-refractivity contribution is 0.535. The normalized spacial score (nSPS) is 11.2. The molecule has 0 bridgehead atoms. The second-order valence-corrected chi connectivity index (χ2v) is 7.14. The molecule has 0 amide bonds. The molecule has 0 saturated heterocycles. The third-order valence-corrected chi connectivity index (χ3v) is 4.42. The van der Waals surface area contributed by atoms with Crippen LogP contribution in [0.1, 0.15) is 24.4 Å². The maximum atomic E-state index is 5.53. The van der Waals surface area contributed by atoms with Crippen LogP contribution in [-0.4, -0.2) is 18.6 Å². The summed E-state index contributed by atoms with van der Waals surface area (Å²) in [5, 5.41) is 5.44. The largest absolute Gasteiger partial charge is 0.432 e. The molecule has 0 aliphatic heterocycles. The van der Waals surface area contributed by atoms with Gasteiger partial charge >= 0.3 is 0 Å². The maximum absolute atomic E-state index is 5.53. The van der Waals surface area contributed by atoms with E-state index in [1.807, 2.05) is 11.9 Å². The highest BCUT2D eigenvalue weighted by atomic mass is 79.9. The number of hydrogen-bond acceptors (Lipinski definition) is 5. The minimum atomic E-state index is 0.640. The zero-order valence-corrected chi connectivity index (χ0v) is 14.4. The molecule has 0 saturated carbocycles. The lowest BCUT2D eigenvalue weighted by Gasteiger charge is -2.12. The molecular weight excluding hydrogens is 338 g/mol. The number of hydrogen-bond donors (Lipinski definition) is 1. The first kappa shape index (κ1) is 15.5. The zero-order chi connectivity index (χ0) is 14.5. The predicted octanol–water partition coefficient (Wildman–Crippen LogP) is 3.88. The summed E-state index contributed by atoms with van der Waals surface area (Å²) in [5.41, 5.74) is 0.944. The van der Waals surface area contributed by atoms with Gasteiger partial charge in [-0.1, -0.05) is 13.8 Å². The smallest absolute Gasteiger partial charge is 0.297 e. The SMILES string of the molecule is CC(C)CNCc1coc(N(C)Cc2cc(Br)cs2)n1. The Morgan fingerprint density at radius 3 is 2.95 bits per heavy atom. The van der Waals surface area contributed by atoms with Gasteiger partial charge in [0.2, 0.25) is 0 Å². The van der Waals surface area contributed by atoms with Crippen LogP contribution in [0.5, 0.6) is 0 Å². The number of nitrogens with zero attached hydrogens (tertiary/aromatic N) is 2. The summed E-state index contributed by atoms with van der Waals surface area (Å²) in [4.78, 5) is 7.79. The summed E-state index contributed by atoms with van der Waals surface area (Å²) in [6.45, 7) is 6.92. The van der Waals surface area contributed by atoms with E-state index in [0.717, 1.165) is 29.8 Å². The Labute approximate surface area is 132 Å². The van der Waals surface area contributed by atoms with Crippen molar-refractivity contribution >= 4 is 33.3 Å². The first-order chi connectivity index (χ1) is 9.54. The first-order valence-electron chi connectivity index (χ1n) is 6.63. The van der Waals surface area contributed by atoms with Crippen LogP contribution < -0.4 is 10.2 Å². The Kier molecular flexibility index (Phi) is 5.63. The van der Waals surface area contributed by atoms with Crippen molar-refractivity contribution in [1.82, 2.24) is 10.3 Å². The lowest BCUT2D eigenvalue weighted by atomic mass is 10.2. The number of aromatic nitrogens is 1. The molecule has 2 heterocycles. The van der Waals surface area contributed by atoms with Crippen LogP contribution in [0.15, 0.2) is 26.6 Å². The Morgan fingerprint density at radius 1 is 1.50 bits per heavy atom. The Bertz CT molecular complexity index is 538. The van der Waals surface area contributed by atoms with E-state index in [2.05, 4.69) is 51.5 Å². The number of thiophene rings is 1. The molecule has 0 fully saturated rings. The van der Waals surface area contributed by atoms with Crippen molar-refractivity contribution in [2.75, 3.05) is 18.5 Å². The van der Waals surface area contributed by atoms with Gasteiger partial charge < -0.3 is 14.6 Å². The summed E-state index contributed by atoms with van der Waals surface area (Å²) in [6, 6.07) is 2.78. The van der Waals surface area contributed by atoms with Crippen molar-refractivity contribution in [3.8, 4) is 0 Å². The van der Waals surface area contributed by atoms with Crippen LogP contribution >= 0.6 is 27.3 Å². The molecule has 110 valence electrons. The van der Waals surface area contributed by atoms with E-state index in [1.165, 1.54) is 4.88 Å². The van der Waals surface area contributed by atoms with Gasteiger partial charge in [0, 0.05) is 28.3 Å². The summed E-state index contributed by atoms with van der Waals surface area (Å²) < 4.78 is 6.65. The van der Waals surface area contributed by atoms with E-state index in [-0.39, 0.29) is 0 Å². The predicted molar refractivity (Wildman–Crippen MR) is 87.2 cm³/mol. The summed E-state index contributed by atoms with van der Waals surface area (Å²) in [7, 11) is 1.99. The molecule has 6 heteroatoms. The van der Waals surface area contributed by atoms with E-state index in [9.17, 15) is 0 Å². The molecule has 0 aliphatic carbocycles. The molecule has 2 rings (SSSR count). The molecule has 1 N–H and O–H groups in total. The summed E-state index contributed by atoms with van der Waals surface area (Å²) in [6.07, 6.45) is 1.73. The minimum absolute atomic E-state index is 0.640. The molecule has 4 nitrogen and oxygen atoms in total. The highest BCUT2D eigenvalue weighted by Gasteiger charge is 2.10. The fourth-order valence-electron chi connectivity index (χ4n) is 1.78. The molecule has 0 spiro atoms. The standard InChI is InChI=1S/C14H20BrN3OS/c1-10(2)5-16-6-12-8-19-14(17-12)18(3)7-13-4-11(15)9-20-13/h4,8-10,16H,5-7H2,1-3H3. The molecule has 0 radical (unpaired) electrons. The van der Waals surface area contributed by atoms with Gasteiger partial charge in [-0.2, -0.15) is 4.98 Å². The van der Waals surface area contributed by atoms with E-state index < -0.39 is 0 Å². The number of oxazole rings is 1. The van der Waals surface area contributed by atoms with Crippen molar-refractivity contribution in [3.63, 3.8) is 0 Å². The van der Waals surface area contributed by atoms with Crippen molar-refractivity contribution in [1.29, 1.82) is 0 Å². The highest BCUT2D eigenvalue weighted by molar-refractivity contribution is 9.10.